The topological polar surface area (TPSA) is 70.5 Å². The number of hydrogen-bond acceptors (Lipinski definition) is 3. The van der Waals surface area contributed by atoms with Gasteiger partial charge in [0.2, 0.25) is 0 Å². The summed E-state index contributed by atoms with van der Waals surface area (Å²) in [5.74, 6) is -1.46. The third kappa shape index (κ3) is 2.03. The number of amides is 1. The van der Waals surface area contributed by atoms with Crippen LogP contribution in [0.3, 0.4) is 0 Å². The Kier molecular flexibility index (Phi) is 2.85. The van der Waals surface area contributed by atoms with Gasteiger partial charge in [-0.15, -0.1) is 0 Å². The number of hydrogen-bond donors (Lipinski definition) is 1. The van der Waals surface area contributed by atoms with Gasteiger partial charge in [-0.3, -0.25) is 14.6 Å². The molecule has 5 nitrogen and oxygen atoms in total. The smallest absolute Gasteiger partial charge is 0.308 e. The molecule has 16 heavy (non-hydrogen) atoms. The van der Waals surface area contributed by atoms with Crippen LogP contribution in [-0.4, -0.2) is 40.0 Å². The highest BCUT2D eigenvalue weighted by Crippen LogP contribution is 2.18. The second-order valence-corrected chi connectivity index (χ2v) is 3.79. The number of carboxylic acids is 1. The van der Waals surface area contributed by atoms with E-state index in [-0.39, 0.29) is 12.5 Å². The van der Waals surface area contributed by atoms with Gasteiger partial charge in [-0.25, -0.2) is 0 Å². The third-order valence-electron chi connectivity index (χ3n) is 2.71. The molecule has 1 fully saturated rings. The van der Waals surface area contributed by atoms with Crippen molar-refractivity contribution in [1.82, 2.24) is 9.88 Å². The van der Waals surface area contributed by atoms with Crippen molar-refractivity contribution in [3.8, 4) is 0 Å². The van der Waals surface area contributed by atoms with Gasteiger partial charge in [-0.05, 0) is 18.6 Å². The van der Waals surface area contributed by atoms with Crippen LogP contribution in [-0.2, 0) is 4.79 Å². The largest absolute Gasteiger partial charge is 0.481 e. The Morgan fingerprint density at radius 3 is 2.81 bits per heavy atom. The first-order valence-corrected chi connectivity index (χ1v) is 5.11. The molecule has 0 radical (unpaired) electrons. The molecule has 0 aromatic carbocycles. The lowest BCUT2D eigenvalue weighted by Crippen LogP contribution is -2.30. The van der Waals surface area contributed by atoms with Gasteiger partial charge in [0.05, 0.1) is 5.92 Å². The average molecular weight is 220 g/mol. The first kappa shape index (κ1) is 10.6. The minimum absolute atomic E-state index is 0.190. The molecule has 1 atom stereocenters. The Morgan fingerprint density at radius 2 is 2.25 bits per heavy atom. The van der Waals surface area contributed by atoms with E-state index in [1.807, 2.05) is 0 Å². The number of rotatable bonds is 2. The zero-order chi connectivity index (χ0) is 11.5. The minimum Gasteiger partial charge on any atom is -0.481 e. The summed E-state index contributed by atoms with van der Waals surface area (Å²) in [6, 6.07) is 5.11. The molecule has 0 saturated carbocycles. The lowest BCUT2D eigenvalue weighted by atomic mass is 10.1. The fourth-order valence-corrected chi connectivity index (χ4v) is 1.80. The lowest BCUT2D eigenvalue weighted by molar-refractivity contribution is -0.141. The molecule has 0 bridgehead atoms. The van der Waals surface area contributed by atoms with Crippen LogP contribution in [0, 0.1) is 5.92 Å². The summed E-state index contributed by atoms with van der Waals surface area (Å²) < 4.78 is 0. The number of pyridine rings is 1. The maximum Gasteiger partial charge on any atom is 0.308 e. The fourth-order valence-electron chi connectivity index (χ4n) is 1.80. The highest BCUT2D eigenvalue weighted by molar-refractivity contribution is 5.92. The zero-order valence-electron chi connectivity index (χ0n) is 8.67. The summed E-state index contributed by atoms with van der Waals surface area (Å²) in [6.07, 6.45) is 2.08. The van der Waals surface area contributed by atoms with Crippen LogP contribution >= 0.6 is 0 Å². The van der Waals surface area contributed by atoms with Crippen LogP contribution in [0.25, 0.3) is 0 Å². The molecule has 1 N–H and O–H groups in total. The summed E-state index contributed by atoms with van der Waals surface area (Å²) in [6.45, 7) is 0.775. The maximum absolute atomic E-state index is 11.9. The van der Waals surface area contributed by atoms with Crippen molar-refractivity contribution < 1.29 is 14.7 Å². The molecule has 1 aromatic rings. The molecule has 2 rings (SSSR count). The molecule has 1 saturated heterocycles. The molecule has 1 aliphatic rings. The molecule has 0 aliphatic carbocycles. The van der Waals surface area contributed by atoms with E-state index in [2.05, 4.69) is 4.98 Å². The molecular weight excluding hydrogens is 208 g/mol. The fraction of sp³-hybridized carbons (Fsp3) is 0.364. The number of aliphatic carboxylic acids is 1. The van der Waals surface area contributed by atoms with E-state index in [0.29, 0.717) is 18.7 Å². The van der Waals surface area contributed by atoms with Crippen molar-refractivity contribution >= 4 is 11.9 Å². The third-order valence-corrected chi connectivity index (χ3v) is 2.71. The summed E-state index contributed by atoms with van der Waals surface area (Å²) in [5.41, 5.74) is 0.369. The second kappa shape index (κ2) is 4.30. The van der Waals surface area contributed by atoms with E-state index in [4.69, 9.17) is 5.11 Å². The first-order valence-electron chi connectivity index (χ1n) is 5.11. The summed E-state index contributed by atoms with van der Waals surface area (Å²) >= 11 is 0. The number of nitrogens with zero attached hydrogens (tertiary/aromatic N) is 2. The molecule has 1 aliphatic heterocycles. The van der Waals surface area contributed by atoms with E-state index in [9.17, 15) is 9.59 Å². The van der Waals surface area contributed by atoms with E-state index >= 15 is 0 Å². The normalized spacial score (nSPS) is 19.8. The molecule has 1 aromatic heterocycles. The number of carbonyl (C=O) groups is 2. The Morgan fingerprint density at radius 1 is 1.44 bits per heavy atom. The molecule has 1 unspecified atom stereocenters. The van der Waals surface area contributed by atoms with Gasteiger partial charge in [-0.2, -0.15) is 0 Å². The average Bonchev–Trinajstić information content (AvgIpc) is 2.78. The Hall–Kier alpha value is -1.91. The molecule has 84 valence electrons. The number of aromatic nitrogens is 1. The number of likely N-dealkylation sites (tertiary alicyclic amines) is 1. The van der Waals surface area contributed by atoms with Gasteiger partial charge < -0.3 is 10.0 Å². The monoisotopic (exact) mass is 220 g/mol. The highest BCUT2D eigenvalue weighted by Gasteiger charge is 2.31. The second-order valence-electron chi connectivity index (χ2n) is 3.79. The zero-order valence-corrected chi connectivity index (χ0v) is 8.67. The number of carboxylic acid groups (broad SMARTS) is 1. The molecular formula is C11H12N2O3. The van der Waals surface area contributed by atoms with Crippen LogP contribution in [0.4, 0.5) is 0 Å². The van der Waals surface area contributed by atoms with E-state index < -0.39 is 11.9 Å². The van der Waals surface area contributed by atoms with Crippen LogP contribution < -0.4 is 0 Å². The van der Waals surface area contributed by atoms with Crippen LogP contribution in [0.2, 0.25) is 0 Å². The maximum atomic E-state index is 11.9. The van der Waals surface area contributed by atoms with Crippen molar-refractivity contribution in [2.75, 3.05) is 13.1 Å². The SMILES string of the molecule is O=C(O)C1CCN(C(=O)c2ccccn2)C1. The number of carbonyl (C=O) groups excluding carboxylic acids is 1. The summed E-state index contributed by atoms with van der Waals surface area (Å²) in [7, 11) is 0. The van der Waals surface area contributed by atoms with E-state index in [1.165, 1.54) is 0 Å². The molecule has 2 heterocycles. The summed E-state index contributed by atoms with van der Waals surface area (Å²) in [4.78, 5) is 28.1. The van der Waals surface area contributed by atoms with Gasteiger partial charge in [0, 0.05) is 19.3 Å². The van der Waals surface area contributed by atoms with Crippen LogP contribution in [0.5, 0.6) is 0 Å². The van der Waals surface area contributed by atoms with Gasteiger partial charge in [-0.1, -0.05) is 6.07 Å². The molecule has 1 amide bonds. The summed E-state index contributed by atoms with van der Waals surface area (Å²) in [5, 5.41) is 8.83. The van der Waals surface area contributed by atoms with Crippen LogP contribution in [0.1, 0.15) is 16.9 Å². The van der Waals surface area contributed by atoms with Gasteiger partial charge in [0.15, 0.2) is 0 Å². The minimum atomic E-state index is -0.837. The standard InChI is InChI=1S/C11H12N2O3/c14-10(9-3-1-2-5-12-9)13-6-4-8(7-13)11(15)16/h1-3,5,8H,4,6-7H2,(H,15,16). The molecule has 0 spiro atoms. The quantitative estimate of drug-likeness (QED) is 0.793. The van der Waals surface area contributed by atoms with Gasteiger partial charge in [0.25, 0.3) is 5.91 Å². The van der Waals surface area contributed by atoms with Crippen molar-refractivity contribution in [2.24, 2.45) is 5.92 Å². The Bertz CT molecular complexity index is 405. The van der Waals surface area contributed by atoms with E-state index in [0.717, 1.165) is 0 Å². The van der Waals surface area contributed by atoms with Crippen molar-refractivity contribution in [1.29, 1.82) is 0 Å². The Labute approximate surface area is 92.7 Å². The predicted molar refractivity (Wildman–Crippen MR) is 55.9 cm³/mol. The predicted octanol–water partition coefficient (Wildman–Crippen LogP) is 0.628. The van der Waals surface area contributed by atoms with Crippen molar-refractivity contribution in [3.05, 3.63) is 30.1 Å². The van der Waals surface area contributed by atoms with Gasteiger partial charge >= 0.3 is 5.97 Å². The Balaban J connectivity index is 2.05. The highest BCUT2D eigenvalue weighted by atomic mass is 16.4. The molecule has 5 heteroatoms. The van der Waals surface area contributed by atoms with Crippen LogP contribution in [0.15, 0.2) is 24.4 Å². The lowest BCUT2D eigenvalue weighted by Gasteiger charge is -2.14. The van der Waals surface area contributed by atoms with Crippen molar-refractivity contribution in [2.45, 2.75) is 6.42 Å². The van der Waals surface area contributed by atoms with Crippen molar-refractivity contribution in [3.63, 3.8) is 0 Å². The van der Waals surface area contributed by atoms with E-state index in [1.54, 1.807) is 29.3 Å². The van der Waals surface area contributed by atoms with Gasteiger partial charge in [0.1, 0.15) is 5.69 Å². The first-order chi connectivity index (χ1) is 7.68.